The standard InChI is InChI=1S/C17H28N2OS/c1-6-19-17(5,15(18)20)11-12-21-14-9-7-13(8-10-14)16(2,3)4/h7-10,19H,6,11-12H2,1-5H3,(H2,18,20). The molecular weight excluding hydrogens is 280 g/mol. The van der Waals surface area contributed by atoms with Gasteiger partial charge in [0.25, 0.3) is 0 Å². The molecule has 0 aliphatic rings. The van der Waals surface area contributed by atoms with Crippen LogP contribution in [-0.2, 0) is 10.2 Å². The Morgan fingerprint density at radius 3 is 2.19 bits per heavy atom. The molecule has 0 heterocycles. The van der Waals surface area contributed by atoms with Crippen molar-refractivity contribution >= 4 is 17.7 Å². The third-order valence-corrected chi connectivity index (χ3v) is 4.72. The van der Waals surface area contributed by atoms with E-state index in [4.69, 9.17) is 5.73 Å². The maximum absolute atomic E-state index is 11.6. The van der Waals surface area contributed by atoms with E-state index in [0.29, 0.717) is 0 Å². The number of rotatable bonds is 7. The molecule has 4 heteroatoms. The van der Waals surface area contributed by atoms with E-state index in [1.165, 1.54) is 10.5 Å². The highest BCUT2D eigenvalue weighted by Gasteiger charge is 2.29. The first-order valence-corrected chi connectivity index (χ1v) is 8.46. The molecule has 1 amide bonds. The number of amides is 1. The van der Waals surface area contributed by atoms with E-state index in [-0.39, 0.29) is 11.3 Å². The van der Waals surface area contributed by atoms with Gasteiger partial charge in [-0.05, 0) is 43.0 Å². The highest BCUT2D eigenvalue weighted by molar-refractivity contribution is 7.99. The number of hydrogen-bond donors (Lipinski definition) is 2. The molecule has 0 bridgehead atoms. The Labute approximate surface area is 133 Å². The van der Waals surface area contributed by atoms with Crippen molar-refractivity contribution < 1.29 is 4.79 Å². The topological polar surface area (TPSA) is 55.1 Å². The van der Waals surface area contributed by atoms with Crippen molar-refractivity contribution in [3.05, 3.63) is 29.8 Å². The van der Waals surface area contributed by atoms with Crippen LogP contribution in [0.15, 0.2) is 29.2 Å². The fourth-order valence-corrected chi connectivity index (χ4v) is 3.19. The van der Waals surface area contributed by atoms with Gasteiger partial charge >= 0.3 is 0 Å². The molecule has 0 aliphatic heterocycles. The molecule has 1 aromatic rings. The Bertz CT molecular complexity index is 465. The number of nitrogens with two attached hydrogens (primary N) is 1. The molecule has 0 spiro atoms. The van der Waals surface area contributed by atoms with Crippen LogP contribution in [0.2, 0.25) is 0 Å². The summed E-state index contributed by atoms with van der Waals surface area (Å²) in [5.74, 6) is 0.578. The number of likely N-dealkylation sites (N-methyl/N-ethyl adjacent to an activating group) is 1. The maximum Gasteiger partial charge on any atom is 0.237 e. The van der Waals surface area contributed by atoms with Crippen LogP contribution in [-0.4, -0.2) is 23.7 Å². The number of thioether (sulfide) groups is 1. The average molecular weight is 308 g/mol. The van der Waals surface area contributed by atoms with Gasteiger partial charge in [0.15, 0.2) is 0 Å². The molecule has 1 unspecified atom stereocenters. The van der Waals surface area contributed by atoms with Crippen LogP contribution in [0.3, 0.4) is 0 Å². The average Bonchev–Trinajstić information content (AvgIpc) is 2.38. The van der Waals surface area contributed by atoms with Crippen LogP contribution in [0.5, 0.6) is 0 Å². The minimum Gasteiger partial charge on any atom is -0.368 e. The van der Waals surface area contributed by atoms with Crippen molar-refractivity contribution in [2.45, 2.75) is 56.9 Å². The van der Waals surface area contributed by atoms with Gasteiger partial charge in [-0.25, -0.2) is 0 Å². The highest BCUT2D eigenvalue weighted by Crippen LogP contribution is 2.26. The van der Waals surface area contributed by atoms with Crippen molar-refractivity contribution in [1.29, 1.82) is 0 Å². The summed E-state index contributed by atoms with van der Waals surface area (Å²) in [4.78, 5) is 12.8. The number of hydrogen-bond acceptors (Lipinski definition) is 3. The van der Waals surface area contributed by atoms with Gasteiger partial charge in [0.2, 0.25) is 5.91 Å². The summed E-state index contributed by atoms with van der Waals surface area (Å²) in [7, 11) is 0. The quantitative estimate of drug-likeness (QED) is 0.760. The number of carbonyl (C=O) groups is 1. The van der Waals surface area contributed by atoms with Gasteiger partial charge in [0.1, 0.15) is 0 Å². The molecule has 0 aliphatic carbocycles. The lowest BCUT2D eigenvalue weighted by Gasteiger charge is -2.26. The molecule has 0 radical (unpaired) electrons. The lowest BCUT2D eigenvalue weighted by Crippen LogP contribution is -2.53. The zero-order chi connectivity index (χ0) is 16.1. The fourth-order valence-electron chi connectivity index (χ4n) is 2.11. The van der Waals surface area contributed by atoms with E-state index >= 15 is 0 Å². The van der Waals surface area contributed by atoms with Gasteiger partial charge < -0.3 is 11.1 Å². The second-order valence-corrected chi connectivity index (χ2v) is 7.77. The summed E-state index contributed by atoms with van der Waals surface area (Å²) >= 11 is 1.76. The molecule has 0 saturated carbocycles. The Morgan fingerprint density at radius 1 is 1.19 bits per heavy atom. The first-order valence-electron chi connectivity index (χ1n) is 7.47. The lowest BCUT2D eigenvalue weighted by molar-refractivity contribution is -0.123. The van der Waals surface area contributed by atoms with Gasteiger partial charge in [-0.15, -0.1) is 11.8 Å². The SMILES string of the molecule is CCNC(C)(CCSc1ccc(C(C)(C)C)cc1)C(N)=O. The second-order valence-electron chi connectivity index (χ2n) is 6.60. The summed E-state index contributed by atoms with van der Waals surface area (Å²) in [6, 6.07) is 8.67. The van der Waals surface area contributed by atoms with E-state index in [1.807, 2.05) is 13.8 Å². The first kappa shape index (κ1) is 18.1. The van der Waals surface area contributed by atoms with E-state index in [1.54, 1.807) is 11.8 Å². The minimum absolute atomic E-state index is 0.179. The summed E-state index contributed by atoms with van der Waals surface area (Å²) in [5, 5.41) is 3.19. The van der Waals surface area contributed by atoms with Crippen LogP contribution >= 0.6 is 11.8 Å². The molecule has 1 rings (SSSR count). The van der Waals surface area contributed by atoms with Crippen molar-refractivity contribution in [1.82, 2.24) is 5.32 Å². The van der Waals surface area contributed by atoms with Gasteiger partial charge in [-0.3, -0.25) is 4.79 Å². The van der Waals surface area contributed by atoms with Crippen molar-refractivity contribution in [2.24, 2.45) is 5.73 Å². The van der Waals surface area contributed by atoms with Crippen LogP contribution in [0, 0.1) is 0 Å². The normalized spacial score (nSPS) is 14.7. The van der Waals surface area contributed by atoms with E-state index in [2.05, 4.69) is 50.4 Å². The fraction of sp³-hybridized carbons (Fsp3) is 0.588. The molecular formula is C17H28N2OS. The first-order chi connectivity index (χ1) is 9.69. The monoisotopic (exact) mass is 308 g/mol. The molecule has 118 valence electrons. The van der Waals surface area contributed by atoms with Crippen molar-refractivity contribution in [3.8, 4) is 0 Å². The summed E-state index contributed by atoms with van der Waals surface area (Å²) < 4.78 is 0. The third kappa shape index (κ3) is 5.36. The Balaban J connectivity index is 2.58. The molecule has 3 N–H and O–H groups in total. The van der Waals surface area contributed by atoms with E-state index < -0.39 is 5.54 Å². The maximum atomic E-state index is 11.6. The number of primary amides is 1. The number of benzene rings is 1. The van der Waals surface area contributed by atoms with E-state index in [0.717, 1.165) is 18.7 Å². The lowest BCUT2D eigenvalue weighted by atomic mass is 9.87. The summed E-state index contributed by atoms with van der Waals surface area (Å²) in [6.07, 6.45) is 0.724. The number of carbonyl (C=O) groups excluding carboxylic acids is 1. The predicted octanol–water partition coefficient (Wildman–Crippen LogP) is 3.32. The predicted molar refractivity (Wildman–Crippen MR) is 91.8 cm³/mol. The van der Waals surface area contributed by atoms with E-state index in [9.17, 15) is 4.79 Å². The van der Waals surface area contributed by atoms with Crippen molar-refractivity contribution in [2.75, 3.05) is 12.3 Å². The van der Waals surface area contributed by atoms with Crippen molar-refractivity contribution in [3.63, 3.8) is 0 Å². The zero-order valence-corrected chi connectivity index (χ0v) is 14.6. The largest absolute Gasteiger partial charge is 0.368 e. The molecule has 0 aromatic heterocycles. The van der Waals surface area contributed by atoms with Crippen LogP contribution in [0.4, 0.5) is 0 Å². The Hall–Kier alpha value is -1.00. The molecule has 21 heavy (non-hydrogen) atoms. The highest BCUT2D eigenvalue weighted by atomic mass is 32.2. The molecule has 0 fully saturated rings. The van der Waals surface area contributed by atoms with Crippen LogP contribution < -0.4 is 11.1 Å². The smallest absolute Gasteiger partial charge is 0.237 e. The van der Waals surface area contributed by atoms with Gasteiger partial charge in [-0.2, -0.15) is 0 Å². The van der Waals surface area contributed by atoms with Crippen LogP contribution in [0.25, 0.3) is 0 Å². The zero-order valence-electron chi connectivity index (χ0n) is 13.8. The number of nitrogens with one attached hydrogen (secondary N) is 1. The molecule has 0 saturated heterocycles. The van der Waals surface area contributed by atoms with Gasteiger partial charge in [0.05, 0.1) is 5.54 Å². The summed E-state index contributed by atoms with van der Waals surface area (Å²) in [6.45, 7) is 11.2. The second kappa shape index (κ2) is 7.32. The third-order valence-electron chi connectivity index (χ3n) is 3.70. The minimum atomic E-state index is -0.618. The molecule has 1 atom stereocenters. The Kier molecular flexibility index (Phi) is 6.29. The van der Waals surface area contributed by atoms with Gasteiger partial charge in [0, 0.05) is 10.6 Å². The van der Waals surface area contributed by atoms with Gasteiger partial charge in [-0.1, -0.05) is 39.8 Å². The molecule has 1 aromatic carbocycles. The van der Waals surface area contributed by atoms with Crippen LogP contribution in [0.1, 0.15) is 46.6 Å². The molecule has 3 nitrogen and oxygen atoms in total. The summed E-state index contributed by atoms with van der Waals surface area (Å²) in [5.41, 5.74) is 6.39. The Morgan fingerprint density at radius 2 is 1.76 bits per heavy atom.